The molecule has 1 rings (SSSR count). The second-order valence-corrected chi connectivity index (χ2v) is 6.83. The third-order valence-corrected chi connectivity index (χ3v) is 3.39. The van der Waals surface area contributed by atoms with Crippen molar-refractivity contribution in [3.8, 4) is 0 Å². The fourth-order valence-electron chi connectivity index (χ4n) is 2.27. The summed E-state index contributed by atoms with van der Waals surface area (Å²) in [6, 6.07) is 6.98. The van der Waals surface area contributed by atoms with Crippen LogP contribution in [0, 0.1) is 0 Å². The van der Waals surface area contributed by atoms with Crippen molar-refractivity contribution in [1.29, 1.82) is 0 Å². The van der Waals surface area contributed by atoms with Gasteiger partial charge in [0.25, 0.3) is 0 Å². The first-order valence-electron chi connectivity index (χ1n) is 8.30. The Labute approximate surface area is 156 Å². The Balaban J connectivity index is 3.17. The number of benzene rings is 1. The van der Waals surface area contributed by atoms with Crippen molar-refractivity contribution in [2.24, 2.45) is 0 Å². The van der Waals surface area contributed by atoms with Crippen molar-refractivity contribution in [2.45, 2.75) is 51.4 Å². The van der Waals surface area contributed by atoms with E-state index >= 15 is 0 Å². The fraction of sp³-hybridized carbons (Fsp3) is 0.474. The lowest BCUT2D eigenvalue weighted by Crippen LogP contribution is -2.44. The second-order valence-electron chi connectivity index (χ2n) is 6.83. The summed E-state index contributed by atoms with van der Waals surface area (Å²) in [5, 5.41) is 2.27. The average Bonchev–Trinajstić information content (AvgIpc) is 2.52. The Bertz CT molecular complexity index is 664. The summed E-state index contributed by atoms with van der Waals surface area (Å²) in [6.07, 6.45) is -5.67. The predicted octanol–water partition coefficient (Wildman–Crippen LogP) is 4.17. The summed E-state index contributed by atoms with van der Waals surface area (Å²) in [5.74, 6) is -0.813. The Morgan fingerprint density at radius 3 is 2.22 bits per heavy atom. The maximum absolute atomic E-state index is 13.6. The maximum Gasteiger partial charge on any atom is 0.414 e. The van der Waals surface area contributed by atoms with E-state index in [0.717, 1.165) is 13.2 Å². The predicted molar refractivity (Wildman–Crippen MR) is 94.1 cm³/mol. The average molecular weight is 387 g/mol. The summed E-state index contributed by atoms with van der Waals surface area (Å²) in [6.45, 7) is 4.82. The zero-order chi connectivity index (χ0) is 20.7. The van der Waals surface area contributed by atoms with Crippen LogP contribution in [-0.2, 0) is 20.7 Å². The molecule has 0 bridgehead atoms. The van der Waals surface area contributed by atoms with Crippen LogP contribution in [0.5, 0.6) is 0 Å². The number of hydrogen-bond donors (Lipinski definition) is 1. The molecule has 1 atom stereocenters. The molecule has 0 aliphatic rings. The lowest BCUT2D eigenvalue weighted by Gasteiger charge is -2.26. The van der Waals surface area contributed by atoms with Gasteiger partial charge in [0.1, 0.15) is 5.60 Å². The Hall–Kier alpha value is -2.51. The molecular formula is C19H24F3NO4. The van der Waals surface area contributed by atoms with Gasteiger partial charge < -0.3 is 14.8 Å². The highest BCUT2D eigenvalue weighted by Crippen LogP contribution is 2.30. The van der Waals surface area contributed by atoms with Gasteiger partial charge in [0.2, 0.25) is 0 Å². The van der Waals surface area contributed by atoms with E-state index in [9.17, 15) is 22.8 Å². The summed E-state index contributed by atoms with van der Waals surface area (Å²) in [7, 11) is 1.09. The van der Waals surface area contributed by atoms with Crippen LogP contribution in [-0.4, -0.2) is 37.0 Å². The molecule has 0 aliphatic heterocycles. The van der Waals surface area contributed by atoms with Crippen LogP contribution in [0.2, 0.25) is 0 Å². The van der Waals surface area contributed by atoms with E-state index in [1.54, 1.807) is 51.1 Å². The third-order valence-electron chi connectivity index (χ3n) is 3.39. The molecule has 27 heavy (non-hydrogen) atoms. The molecule has 150 valence electrons. The number of methoxy groups -OCH3 is 1. The van der Waals surface area contributed by atoms with Crippen LogP contribution in [0.4, 0.5) is 18.0 Å². The summed E-state index contributed by atoms with van der Waals surface area (Å²) < 4.78 is 50.3. The number of halogens is 3. The molecule has 5 nitrogen and oxygen atoms in total. The third kappa shape index (κ3) is 8.61. The van der Waals surface area contributed by atoms with Gasteiger partial charge in [0, 0.05) is 0 Å². The van der Waals surface area contributed by atoms with Crippen molar-refractivity contribution < 1.29 is 32.2 Å². The van der Waals surface area contributed by atoms with Crippen molar-refractivity contribution in [1.82, 2.24) is 5.32 Å². The highest BCUT2D eigenvalue weighted by Gasteiger charge is 2.39. The highest BCUT2D eigenvalue weighted by molar-refractivity contribution is 5.71. The molecule has 0 radical (unpaired) electrons. The van der Waals surface area contributed by atoms with Crippen LogP contribution in [0.1, 0.15) is 32.8 Å². The number of nitrogens with one attached hydrogen (secondary N) is 1. The zero-order valence-electron chi connectivity index (χ0n) is 15.7. The van der Waals surface area contributed by atoms with Crippen molar-refractivity contribution in [3.05, 3.63) is 47.5 Å². The lowest BCUT2D eigenvalue weighted by molar-refractivity contribution is -0.139. The normalized spacial score (nSPS) is 13.7. The van der Waals surface area contributed by atoms with E-state index in [2.05, 4.69) is 10.1 Å². The smallest absolute Gasteiger partial charge is 0.414 e. The van der Waals surface area contributed by atoms with E-state index in [-0.39, 0.29) is 6.42 Å². The van der Waals surface area contributed by atoms with E-state index in [0.29, 0.717) is 5.56 Å². The van der Waals surface area contributed by atoms with Crippen LogP contribution < -0.4 is 5.32 Å². The number of carbonyl (C=O) groups is 2. The largest absolute Gasteiger partial charge is 0.469 e. The SMILES string of the molecule is COC(=O)C/C=C(/[C@H](Cc1ccccc1)NC(=O)OC(C)(C)C)C(F)(F)F. The van der Waals surface area contributed by atoms with Gasteiger partial charge in [0.15, 0.2) is 0 Å². The lowest BCUT2D eigenvalue weighted by atomic mass is 9.97. The first-order chi connectivity index (χ1) is 12.4. The molecule has 1 N–H and O–H groups in total. The molecule has 1 aromatic carbocycles. The summed E-state index contributed by atoms with van der Waals surface area (Å²) in [4.78, 5) is 23.4. The Kier molecular flexibility index (Phi) is 7.87. The van der Waals surface area contributed by atoms with E-state index in [1.807, 2.05) is 0 Å². The number of esters is 1. The summed E-state index contributed by atoms with van der Waals surface area (Å²) in [5.41, 5.74) is -1.32. The molecule has 1 amide bonds. The number of amides is 1. The number of carbonyl (C=O) groups excluding carboxylic acids is 2. The van der Waals surface area contributed by atoms with Gasteiger partial charge in [-0.15, -0.1) is 0 Å². The Morgan fingerprint density at radius 1 is 1.15 bits per heavy atom. The molecule has 0 saturated carbocycles. The van der Waals surface area contributed by atoms with Crippen LogP contribution >= 0.6 is 0 Å². The van der Waals surface area contributed by atoms with Gasteiger partial charge in [0.05, 0.1) is 25.1 Å². The van der Waals surface area contributed by atoms with Crippen molar-refractivity contribution in [2.75, 3.05) is 7.11 Å². The van der Waals surface area contributed by atoms with E-state index in [4.69, 9.17) is 4.74 Å². The molecule has 0 heterocycles. The van der Waals surface area contributed by atoms with Gasteiger partial charge >= 0.3 is 18.2 Å². The number of ether oxygens (including phenoxy) is 2. The molecular weight excluding hydrogens is 363 g/mol. The molecule has 0 aromatic heterocycles. The van der Waals surface area contributed by atoms with E-state index < -0.39 is 41.9 Å². The van der Waals surface area contributed by atoms with Gasteiger partial charge in [-0.2, -0.15) is 13.2 Å². The van der Waals surface area contributed by atoms with Crippen molar-refractivity contribution in [3.63, 3.8) is 0 Å². The molecule has 0 aliphatic carbocycles. The number of hydrogen-bond acceptors (Lipinski definition) is 4. The quantitative estimate of drug-likeness (QED) is 0.588. The molecule has 0 spiro atoms. The number of alkyl halides is 3. The van der Waals surface area contributed by atoms with Crippen LogP contribution in [0.3, 0.4) is 0 Å². The highest BCUT2D eigenvalue weighted by atomic mass is 19.4. The minimum Gasteiger partial charge on any atom is -0.469 e. The molecule has 1 aromatic rings. The molecule has 8 heteroatoms. The van der Waals surface area contributed by atoms with Crippen LogP contribution in [0.25, 0.3) is 0 Å². The zero-order valence-corrected chi connectivity index (χ0v) is 15.7. The van der Waals surface area contributed by atoms with Gasteiger partial charge in [-0.05, 0) is 32.8 Å². The topological polar surface area (TPSA) is 64.6 Å². The first-order valence-corrected chi connectivity index (χ1v) is 8.30. The minimum absolute atomic E-state index is 0.118. The number of rotatable bonds is 6. The maximum atomic E-state index is 13.6. The fourth-order valence-corrected chi connectivity index (χ4v) is 2.27. The van der Waals surface area contributed by atoms with Crippen LogP contribution in [0.15, 0.2) is 42.0 Å². The van der Waals surface area contributed by atoms with Crippen molar-refractivity contribution >= 4 is 12.1 Å². The standard InChI is InChI=1S/C19H24F3NO4/c1-18(2,3)27-17(25)23-15(12-13-8-6-5-7-9-13)14(19(20,21)22)10-11-16(24)26-4/h5-10,15H,11-12H2,1-4H3,(H,23,25)/b14-10-/t15-/m0/s1. The Morgan fingerprint density at radius 2 is 1.74 bits per heavy atom. The first kappa shape index (κ1) is 22.5. The van der Waals surface area contributed by atoms with Gasteiger partial charge in [-0.1, -0.05) is 36.4 Å². The second kappa shape index (κ2) is 9.43. The molecule has 0 saturated heterocycles. The molecule has 0 fully saturated rings. The van der Waals surface area contributed by atoms with Gasteiger partial charge in [-0.25, -0.2) is 4.79 Å². The molecule has 0 unspecified atom stereocenters. The number of alkyl carbamates (subject to hydrolysis) is 1. The van der Waals surface area contributed by atoms with Gasteiger partial charge in [-0.3, -0.25) is 4.79 Å². The van der Waals surface area contributed by atoms with E-state index in [1.165, 1.54) is 0 Å². The minimum atomic E-state index is -4.75. The monoisotopic (exact) mass is 387 g/mol. The summed E-state index contributed by atoms with van der Waals surface area (Å²) >= 11 is 0.